The van der Waals surface area contributed by atoms with Crippen LogP contribution in [0, 0.1) is 0 Å². The van der Waals surface area contributed by atoms with Crippen LogP contribution in [-0.2, 0) is 4.79 Å². The number of carbonyl (C=O) groups excluding carboxylic acids is 2. The van der Waals surface area contributed by atoms with E-state index in [9.17, 15) is 9.59 Å². The summed E-state index contributed by atoms with van der Waals surface area (Å²) in [5.41, 5.74) is 11.5. The molecule has 0 aliphatic rings. The van der Waals surface area contributed by atoms with E-state index in [2.05, 4.69) is 5.32 Å². The van der Waals surface area contributed by atoms with Crippen LogP contribution in [-0.4, -0.2) is 17.9 Å². The number of carbonyl (C=O) groups is 2. The van der Waals surface area contributed by atoms with Crippen LogP contribution in [0.1, 0.15) is 36.5 Å². The maximum Gasteiger partial charge on any atom is 0.248 e. The number of rotatable bonds is 6. The van der Waals surface area contributed by atoms with Crippen molar-refractivity contribution in [2.45, 2.75) is 32.2 Å². The quantitative estimate of drug-likeness (QED) is 0.743. The molecule has 1 rings (SSSR count). The summed E-state index contributed by atoms with van der Waals surface area (Å²) in [6.07, 6.45) is 2.46. The van der Waals surface area contributed by atoms with E-state index in [4.69, 9.17) is 23.1 Å². The highest BCUT2D eigenvalue weighted by Crippen LogP contribution is 2.23. The average molecular weight is 284 g/mol. The molecule has 0 aliphatic heterocycles. The number of hydrogen-bond acceptors (Lipinski definition) is 3. The summed E-state index contributed by atoms with van der Waals surface area (Å²) in [5, 5.41) is 2.94. The van der Waals surface area contributed by atoms with Gasteiger partial charge in [0.15, 0.2) is 0 Å². The second-order valence-corrected chi connectivity index (χ2v) is 4.70. The lowest BCUT2D eigenvalue weighted by atomic mass is 10.1. The first-order valence-electron chi connectivity index (χ1n) is 6.11. The molecular weight excluding hydrogens is 266 g/mol. The fourth-order valence-electron chi connectivity index (χ4n) is 1.55. The fraction of sp³-hybridized carbons (Fsp3) is 0.385. The predicted molar refractivity (Wildman–Crippen MR) is 76.1 cm³/mol. The van der Waals surface area contributed by atoms with E-state index in [0.29, 0.717) is 17.1 Å². The lowest BCUT2D eigenvalue weighted by molar-refractivity contribution is -0.117. The highest BCUT2D eigenvalue weighted by atomic mass is 35.5. The summed E-state index contributed by atoms with van der Waals surface area (Å²) in [5.74, 6) is -0.903. The molecule has 0 fully saturated rings. The first kappa shape index (κ1) is 15.5. The van der Waals surface area contributed by atoms with Crippen LogP contribution >= 0.6 is 11.6 Å². The van der Waals surface area contributed by atoms with Gasteiger partial charge in [0, 0.05) is 5.56 Å². The number of unbranched alkanes of at least 4 members (excludes halogenated alkanes) is 1. The minimum absolute atomic E-state index is 0.279. The van der Waals surface area contributed by atoms with Crippen LogP contribution in [0.15, 0.2) is 18.2 Å². The van der Waals surface area contributed by atoms with Gasteiger partial charge in [-0.2, -0.15) is 0 Å². The first-order valence-corrected chi connectivity index (χ1v) is 6.49. The average Bonchev–Trinajstić information content (AvgIpc) is 2.38. The second-order valence-electron chi connectivity index (χ2n) is 4.30. The van der Waals surface area contributed by atoms with Gasteiger partial charge in [-0.15, -0.1) is 0 Å². The highest BCUT2D eigenvalue weighted by molar-refractivity contribution is 6.34. The zero-order valence-electron chi connectivity index (χ0n) is 10.8. The Bertz CT molecular complexity index is 477. The van der Waals surface area contributed by atoms with Gasteiger partial charge in [0.2, 0.25) is 11.8 Å². The summed E-state index contributed by atoms with van der Waals surface area (Å²) in [4.78, 5) is 22.9. The van der Waals surface area contributed by atoms with Crippen LogP contribution in [0.3, 0.4) is 0 Å². The molecule has 1 aromatic rings. The predicted octanol–water partition coefficient (Wildman–Crippen LogP) is 1.89. The van der Waals surface area contributed by atoms with Gasteiger partial charge in [-0.3, -0.25) is 9.59 Å². The van der Waals surface area contributed by atoms with Gasteiger partial charge in [-0.05, 0) is 24.6 Å². The zero-order valence-corrected chi connectivity index (χ0v) is 11.5. The SMILES string of the molecule is CCCCC(N)C(=O)Nc1cc(C(N)=O)ccc1Cl. The Kier molecular flexibility index (Phi) is 5.79. The van der Waals surface area contributed by atoms with Crippen molar-refractivity contribution < 1.29 is 9.59 Å². The third kappa shape index (κ3) is 4.54. The molecular formula is C13H18ClN3O2. The van der Waals surface area contributed by atoms with Gasteiger partial charge in [0.05, 0.1) is 16.8 Å². The van der Waals surface area contributed by atoms with Crippen molar-refractivity contribution >= 4 is 29.1 Å². The van der Waals surface area contributed by atoms with Crippen molar-refractivity contribution in [3.05, 3.63) is 28.8 Å². The molecule has 0 saturated carbocycles. The van der Waals surface area contributed by atoms with Crippen molar-refractivity contribution in [2.75, 3.05) is 5.32 Å². The third-order valence-electron chi connectivity index (χ3n) is 2.71. The molecule has 0 spiro atoms. The Morgan fingerprint density at radius 3 is 2.68 bits per heavy atom. The van der Waals surface area contributed by atoms with Gasteiger partial charge in [0.1, 0.15) is 0 Å². The number of hydrogen-bond donors (Lipinski definition) is 3. The van der Waals surface area contributed by atoms with Gasteiger partial charge in [-0.25, -0.2) is 0 Å². The Morgan fingerprint density at radius 2 is 2.11 bits per heavy atom. The molecule has 1 aromatic carbocycles. The minimum atomic E-state index is -0.590. The van der Waals surface area contributed by atoms with E-state index in [-0.39, 0.29) is 11.5 Å². The van der Waals surface area contributed by atoms with E-state index in [1.165, 1.54) is 18.2 Å². The van der Waals surface area contributed by atoms with E-state index in [1.54, 1.807) is 0 Å². The largest absolute Gasteiger partial charge is 0.366 e. The van der Waals surface area contributed by atoms with Crippen LogP contribution in [0.25, 0.3) is 0 Å². The maximum absolute atomic E-state index is 11.8. The van der Waals surface area contributed by atoms with Crippen LogP contribution in [0.5, 0.6) is 0 Å². The Hall–Kier alpha value is -1.59. The minimum Gasteiger partial charge on any atom is -0.366 e. The van der Waals surface area contributed by atoms with Crippen molar-refractivity contribution in [1.29, 1.82) is 0 Å². The second kappa shape index (κ2) is 7.11. The molecule has 0 bridgehead atoms. The molecule has 0 aliphatic carbocycles. The summed E-state index contributed by atoms with van der Waals surface area (Å²) in [6, 6.07) is 3.86. The third-order valence-corrected chi connectivity index (χ3v) is 3.04. The number of amides is 2. The maximum atomic E-state index is 11.8. The molecule has 104 valence electrons. The van der Waals surface area contributed by atoms with Crippen LogP contribution in [0.2, 0.25) is 5.02 Å². The first-order chi connectivity index (χ1) is 8.95. The van der Waals surface area contributed by atoms with E-state index < -0.39 is 11.9 Å². The number of nitrogens with two attached hydrogens (primary N) is 2. The fourth-order valence-corrected chi connectivity index (χ4v) is 1.72. The van der Waals surface area contributed by atoms with Crippen LogP contribution in [0.4, 0.5) is 5.69 Å². The van der Waals surface area contributed by atoms with Gasteiger partial charge in [-0.1, -0.05) is 31.4 Å². The van der Waals surface area contributed by atoms with E-state index >= 15 is 0 Å². The number of halogens is 1. The molecule has 1 atom stereocenters. The lowest BCUT2D eigenvalue weighted by Crippen LogP contribution is -2.35. The molecule has 6 heteroatoms. The zero-order chi connectivity index (χ0) is 14.4. The summed E-state index contributed by atoms with van der Waals surface area (Å²) in [6.45, 7) is 2.03. The summed E-state index contributed by atoms with van der Waals surface area (Å²) in [7, 11) is 0. The molecule has 0 radical (unpaired) electrons. The molecule has 0 heterocycles. The standard InChI is InChI=1S/C13H18ClN3O2/c1-2-3-4-10(15)13(19)17-11-7-8(12(16)18)5-6-9(11)14/h5-7,10H,2-4,15H2,1H3,(H2,16,18)(H,17,19). The summed E-state index contributed by atoms with van der Waals surface area (Å²) >= 11 is 5.95. The molecule has 1 unspecified atom stereocenters. The lowest BCUT2D eigenvalue weighted by Gasteiger charge is -2.13. The number of nitrogens with one attached hydrogen (secondary N) is 1. The van der Waals surface area contributed by atoms with Gasteiger partial charge >= 0.3 is 0 Å². The Balaban J connectivity index is 2.78. The molecule has 0 saturated heterocycles. The van der Waals surface area contributed by atoms with Crippen molar-refractivity contribution in [3.63, 3.8) is 0 Å². The number of anilines is 1. The number of benzene rings is 1. The van der Waals surface area contributed by atoms with Gasteiger partial charge < -0.3 is 16.8 Å². The van der Waals surface area contributed by atoms with E-state index in [1.807, 2.05) is 6.92 Å². The van der Waals surface area contributed by atoms with Gasteiger partial charge in [0.25, 0.3) is 0 Å². The monoisotopic (exact) mass is 283 g/mol. The molecule has 2 amide bonds. The Labute approximate surface area is 117 Å². The van der Waals surface area contributed by atoms with Crippen molar-refractivity contribution in [1.82, 2.24) is 0 Å². The summed E-state index contributed by atoms with van der Waals surface area (Å²) < 4.78 is 0. The van der Waals surface area contributed by atoms with Crippen LogP contribution < -0.4 is 16.8 Å². The number of primary amides is 1. The molecule has 19 heavy (non-hydrogen) atoms. The molecule has 0 aromatic heterocycles. The molecule has 5 N–H and O–H groups in total. The Morgan fingerprint density at radius 1 is 1.42 bits per heavy atom. The highest BCUT2D eigenvalue weighted by Gasteiger charge is 2.15. The molecule has 5 nitrogen and oxygen atoms in total. The van der Waals surface area contributed by atoms with E-state index in [0.717, 1.165) is 12.8 Å². The smallest absolute Gasteiger partial charge is 0.248 e. The van der Waals surface area contributed by atoms with Crippen molar-refractivity contribution in [2.24, 2.45) is 11.5 Å². The van der Waals surface area contributed by atoms with Crippen molar-refractivity contribution in [3.8, 4) is 0 Å². The normalized spacial score (nSPS) is 11.9. The topological polar surface area (TPSA) is 98.2 Å².